The van der Waals surface area contributed by atoms with Gasteiger partial charge < -0.3 is 14.8 Å². The average molecular weight is 242 g/mol. The molecule has 0 aliphatic carbocycles. The zero-order chi connectivity index (χ0) is 11.4. The van der Waals surface area contributed by atoms with Crippen molar-refractivity contribution in [2.75, 3.05) is 13.2 Å². The van der Waals surface area contributed by atoms with Crippen LogP contribution >= 0.6 is 11.6 Å². The number of amides is 1. The van der Waals surface area contributed by atoms with Crippen molar-refractivity contribution >= 4 is 17.7 Å². The fourth-order valence-electron chi connectivity index (χ4n) is 1.43. The summed E-state index contributed by atoms with van der Waals surface area (Å²) in [4.78, 5) is 10.9. The van der Waals surface area contributed by atoms with Crippen molar-refractivity contribution in [2.45, 2.75) is 12.5 Å². The molecular weight excluding hydrogens is 230 g/mol. The highest BCUT2D eigenvalue weighted by atomic mass is 35.5. The van der Waals surface area contributed by atoms with Crippen molar-refractivity contribution in [3.8, 4) is 5.75 Å². The Balaban J connectivity index is 1.82. The number of rotatable bonds is 3. The number of ether oxygens (including phenoxy) is 2. The molecule has 0 bridgehead atoms. The van der Waals surface area contributed by atoms with Crippen LogP contribution in [0.2, 0.25) is 5.02 Å². The lowest BCUT2D eigenvalue weighted by Gasteiger charge is -2.23. The van der Waals surface area contributed by atoms with Crippen molar-refractivity contribution in [3.63, 3.8) is 0 Å². The number of alkyl carbamates (subject to hydrolysis) is 1. The number of hydrogen-bond donors (Lipinski definition) is 1. The zero-order valence-electron chi connectivity index (χ0n) is 8.61. The average Bonchev–Trinajstić information content (AvgIpc) is 2.28. The first-order valence-electron chi connectivity index (χ1n) is 5.06. The molecule has 1 saturated heterocycles. The topological polar surface area (TPSA) is 47.6 Å². The third kappa shape index (κ3) is 3.03. The molecule has 5 heteroatoms. The van der Waals surface area contributed by atoms with E-state index in [0.29, 0.717) is 18.2 Å². The summed E-state index contributed by atoms with van der Waals surface area (Å²) in [5.41, 5.74) is 0. The molecule has 0 spiro atoms. The molecule has 0 aromatic heterocycles. The molecule has 4 nitrogen and oxygen atoms in total. The maximum atomic E-state index is 10.9. The first-order chi connectivity index (χ1) is 7.74. The third-order valence-electron chi connectivity index (χ3n) is 2.29. The van der Waals surface area contributed by atoms with Gasteiger partial charge in [-0.25, -0.2) is 4.79 Å². The van der Waals surface area contributed by atoms with Gasteiger partial charge in [-0.3, -0.25) is 0 Å². The second-order valence-corrected chi connectivity index (χ2v) is 3.97. The number of benzene rings is 1. The molecule has 0 radical (unpaired) electrons. The minimum Gasteiger partial charge on any atom is -0.491 e. The Morgan fingerprint density at radius 3 is 2.88 bits per heavy atom. The molecule has 2 rings (SSSR count). The highest BCUT2D eigenvalue weighted by molar-refractivity contribution is 6.30. The van der Waals surface area contributed by atoms with Crippen LogP contribution in [0, 0.1) is 0 Å². The molecule has 1 fully saturated rings. The number of halogens is 1. The Hall–Kier alpha value is -1.42. The van der Waals surface area contributed by atoms with Gasteiger partial charge >= 0.3 is 6.09 Å². The predicted octanol–water partition coefficient (Wildman–Crippen LogP) is 2.22. The monoisotopic (exact) mass is 241 g/mol. The number of nitrogens with one attached hydrogen (secondary N) is 1. The van der Waals surface area contributed by atoms with E-state index in [9.17, 15) is 4.79 Å². The molecular formula is C11H12ClNO3. The molecule has 1 aromatic carbocycles. The molecule has 0 saturated carbocycles. The number of hydrogen-bond acceptors (Lipinski definition) is 3. The Kier molecular flexibility index (Phi) is 3.51. The van der Waals surface area contributed by atoms with Crippen LogP contribution in [-0.4, -0.2) is 25.3 Å². The summed E-state index contributed by atoms with van der Waals surface area (Å²) in [6.45, 7) is 0.886. The lowest BCUT2D eigenvalue weighted by atomic mass is 10.2. The number of carbonyl (C=O) groups excluding carboxylic acids is 1. The van der Waals surface area contributed by atoms with Gasteiger partial charge in [0.05, 0.1) is 12.6 Å². The van der Waals surface area contributed by atoms with E-state index in [1.54, 1.807) is 24.3 Å². The second kappa shape index (κ2) is 5.07. The summed E-state index contributed by atoms with van der Waals surface area (Å²) in [5.74, 6) is 0.741. The summed E-state index contributed by atoms with van der Waals surface area (Å²) in [5, 5.41) is 3.36. The highest BCUT2D eigenvalue weighted by Crippen LogP contribution is 2.16. The Labute approximate surface area is 98.5 Å². The summed E-state index contributed by atoms with van der Waals surface area (Å²) < 4.78 is 10.3. The fourth-order valence-corrected chi connectivity index (χ4v) is 1.55. The second-order valence-electron chi connectivity index (χ2n) is 3.53. The normalized spacial score (nSPS) is 19.8. The molecule has 1 atom stereocenters. The van der Waals surface area contributed by atoms with E-state index in [-0.39, 0.29) is 12.1 Å². The van der Waals surface area contributed by atoms with E-state index in [4.69, 9.17) is 21.1 Å². The van der Waals surface area contributed by atoms with E-state index in [2.05, 4.69) is 5.32 Å². The van der Waals surface area contributed by atoms with Gasteiger partial charge in [0.25, 0.3) is 0 Å². The molecule has 1 aliphatic rings. The van der Waals surface area contributed by atoms with E-state index in [0.717, 1.165) is 12.2 Å². The molecule has 86 valence electrons. The van der Waals surface area contributed by atoms with Gasteiger partial charge in [0.15, 0.2) is 0 Å². The Bertz CT molecular complexity index is 366. The van der Waals surface area contributed by atoms with Crippen LogP contribution in [0.4, 0.5) is 4.79 Å². The molecule has 1 N–H and O–H groups in total. The van der Waals surface area contributed by atoms with Crippen molar-refractivity contribution in [1.82, 2.24) is 5.32 Å². The number of carbonyl (C=O) groups is 1. The standard InChI is InChI=1S/C11H12ClNO3/c12-8-1-3-10(4-2-8)16-7-9-5-6-15-11(14)13-9/h1-4,9H,5-7H2,(H,13,14). The molecule has 1 aromatic rings. The lowest BCUT2D eigenvalue weighted by Crippen LogP contribution is -2.44. The van der Waals surface area contributed by atoms with E-state index >= 15 is 0 Å². The van der Waals surface area contributed by atoms with E-state index < -0.39 is 0 Å². The lowest BCUT2D eigenvalue weighted by molar-refractivity contribution is 0.103. The molecule has 1 amide bonds. The van der Waals surface area contributed by atoms with Gasteiger partial charge in [0, 0.05) is 11.4 Å². The Morgan fingerprint density at radius 1 is 1.44 bits per heavy atom. The molecule has 16 heavy (non-hydrogen) atoms. The van der Waals surface area contributed by atoms with Crippen LogP contribution < -0.4 is 10.1 Å². The van der Waals surface area contributed by atoms with Crippen LogP contribution in [0.25, 0.3) is 0 Å². The van der Waals surface area contributed by atoms with Crippen molar-refractivity contribution < 1.29 is 14.3 Å². The zero-order valence-corrected chi connectivity index (χ0v) is 9.37. The highest BCUT2D eigenvalue weighted by Gasteiger charge is 2.19. The first kappa shape index (κ1) is 11.1. The number of cyclic esters (lactones) is 1. The van der Waals surface area contributed by atoms with Crippen LogP contribution in [0.3, 0.4) is 0 Å². The maximum Gasteiger partial charge on any atom is 0.407 e. The van der Waals surface area contributed by atoms with Gasteiger partial charge in [-0.2, -0.15) is 0 Å². The largest absolute Gasteiger partial charge is 0.491 e. The van der Waals surface area contributed by atoms with Gasteiger partial charge in [-0.15, -0.1) is 0 Å². The Morgan fingerprint density at radius 2 is 2.19 bits per heavy atom. The van der Waals surface area contributed by atoms with E-state index in [1.807, 2.05) is 0 Å². The molecule has 1 unspecified atom stereocenters. The SMILES string of the molecule is O=C1NC(COc2ccc(Cl)cc2)CCO1. The van der Waals surface area contributed by atoms with Gasteiger partial charge in [0.1, 0.15) is 12.4 Å². The predicted molar refractivity (Wildman–Crippen MR) is 59.8 cm³/mol. The van der Waals surface area contributed by atoms with Crippen molar-refractivity contribution in [2.24, 2.45) is 0 Å². The molecule has 1 heterocycles. The van der Waals surface area contributed by atoms with Crippen LogP contribution in [0.1, 0.15) is 6.42 Å². The summed E-state index contributed by atoms with van der Waals surface area (Å²) in [6, 6.07) is 7.13. The molecule has 1 aliphatic heterocycles. The van der Waals surface area contributed by atoms with Crippen molar-refractivity contribution in [1.29, 1.82) is 0 Å². The fraction of sp³-hybridized carbons (Fsp3) is 0.364. The smallest absolute Gasteiger partial charge is 0.407 e. The summed E-state index contributed by atoms with van der Waals surface area (Å²) in [7, 11) is 0. The third-order valence-corrected chi connectivity index (χ3v) is 2.54. The van der Waals surface area contributed by atoms with Gasteiger partial charge in [-0.05, 0) is 24.3 Å². The van der Waals surface area contributed by atoms with Crippen LogP contribution in [-0.2, 0) is 4.74 Å². The maximum absolute atomic E-state index is 10.9. The van der Waals surface area contributed by atoms with Crippen LogP contribution in [0.15, 0.2) is 24.3 Å². The first-order valence-corrected chi connectivity index (χ1v) is 5.43. The van der Waals surface area contributed by atoms with E-state index in [1.165, 1.54) is 0 Å². The minimum atomic E-state index is -0.379. The summed E-state index contributed by atoms with van der Waals surface area (Å²) in [6.07, 6.45) is 0.384. The van der Waals surface area contributed by atoms with Gasteiger partial charge in [0.2, 0.25) is 0 Å². The van der Waals surface area contributed by atoms with Crippen molar-refractivity contribution in [3.05, 3.63) is 29.3 Å². The quantitative estimate of drug-likeness (QED) is 0.883. The van der Waals surface area contributed by atoms with Crippen LogP contribution in [0.5, 0.6) is 5.75 Å². The van der Waals surface area contributed by atoms with Gasteiger partial charge in [-0.1, -0.05) is 11.6 Å². The summed E-state index contributed by atoms with van der Waals surface area (Å²) >= 11 is 5.75. The minimum absolute atomic E-state index is 0.0110.